The Bertz CT molecular complexity index is 233. The van der Waals surface area contributed by atoms with E-state index >= 15 is 0 Å². The van der Waals surface area contributed by atoms with Crippen LogP contribution in [0.25, 0.3) is 0 Å². The molecule has 15 heavy (non-hydrogen) atoms. The number of carbonyl (C=O) groups is 1. The number of ether oxygens (including phenoxy) is 1. The third-order valence-electron chi connectivity index (χ3n) is 3.35. The van der Waals surface area contributed by atoms with Gasteiger partial charge in [0.05, 0.1) is 12.7 Å². The molecule has 1 aliphatic carbocycles. The van der Waals surface area contributed by atoms with Crippen LogP contribution in [-0.4, -0.2) is 37.7 Å². The second-order valence-electron chi connectivity index (χ2n) is 4.37. The summed E-state index contributed by atoms with van der Waals surface area (Å²) in [6, 6.07) is 0.389. The number of fused-ring (bicyclic) bond motifs is 1. The van der Waals surface area contributed by atoms with Gasteiger partial charge in [0.15, 0.2) is 0 Å². The van der Waals surface area contributed by atoms with Crippen molar-refractivity contribution in [1.29, 1.82) is 0 Å². The zero-order valence-corrected chi connectivity index (χ0v) is 9.29. The van der Waals surface area contributed by atoms with Crippen molar-refractivity contribution in [2.75, 3.05) is 19.7 Å². The number of morpholine rings is 1. The van der Waals surface area contributed by atoms with Gasteiger partial charge in [-0.25, -0.2) is 0 Å². The molecule has 4 nitrogen and oxygen atoms in total. The van der Waals surface area contributed by atoms with Crippen LogP contribution in [0.5, 0.6) is 0 Å². The van der Waals surface area contributed by atoms with Crippen molar-refractivity contribution in [1.82, 2.24) is 10.6 Å². The first kappa shape index (κ1) is 10.9. The molecule has 1 saturated heterocycles. The molecule has 1 amide bonds. The van der Waals surface area contributed by atoms with E-state index in [0.717, 1.165) is 39.0 Å². The highest BCUT2D eigenvalue weighted by atomic mass is 16.5. The molecule has 2 N–H and O–H groups in total. The van der Waals surface area contributed by atoms with Crippen LogP contribution in [0.15, 0.2) is 0 Å². The Morgan fingerprint density at radius 1 is 1.53 bits per heavy atom. The van der Waals surface area contributed by atoms with Gasteiger partial charge in [0.2, 0.25) is 5.91 Å². The Hall–Kier alpha value is -0.610. The van der Waals surface area contributed by atoms with Gasteiger partial charge in [0.25, 0.3) is 0 Å². The second kappa shape index (κ2) is 4.94. The van der Waals surface area contributed by atoms with E-state index in [0.29, 0.717) is 12.1 Å². The lowest BCUT2D eigenvalue weighted by Crippen LogP contribution is -2.53. The van der Waals surface area contributed by atoms with Crippen LogP contribution in [0.2, 0.25) is 0 Å². The molecule has 2 rings (SSSR count). The van der Waals surface area contributed by atoms with Gasteiger partial charge in [-0.15, -0.1) is 0 Å². The van der Waals surface area contributed by atoms with Crippen molar-refractivity contribution in [3.05, 3.63) is 0 Å². The lowest BCUT2D eigenvalue weighted by atomic mass is 9.82. The summed E-state index contributed by atoms with van der Waals surface area (Å²) in [4.78, 5) is 11.7. The van der Waals surface area contributed by atoms with Crippen LogP contribution in [0.1, 0.15) is 26.2 Å². The molecular formula is C11H20N2O2. The largest absolute Gasteiger partial charge is 0.375 e. The normalized spacial score (nSPS) is 35.7. The average Bonchev–Trinajstić information content (AvgIpc) is 2.29. The summed E-state index contributed by atoms with van der Waals surface area (Å²) in [6.45, 7) is 4.43. The highest BCUT2D eigenvalue weighted by molar-refractivity contribution is 5.78. The Morgan fingerprint density at radius 2 is 2.40 bits per heavy atom. The molecule has 0 spiro atoms. The number of nitrogens with one attached hydrogen (secondary N) is 2. The van der Waals surface area contributed by atoms with Crippen LogP contribution >= 0.6 is 0 Å². The number of hydrogen-bond donors (Lipinski definition) is 2. The average molecular weight is 212 g/mol. The van der Waals surface area contributed by atoms with Crippen molar-refractivity contribution in [3.63, 3.8) is 0 Å². The molecule has 1 saturated carbocycles. The predicted molar refractivity (Wildman–Crippen MR) is 57.6 cm³/mol. The molecule has 0 aromatic heterocycles. The summed E-state index contributed by atoms with van der Waals surface area (Å²) in [6.07, 6.45) is 3.24. The van der Waals surface area contributed by atoms with Crippen LogP contribution in [0, 0.1) is 5.92 Å². The topological polar surface area (TPSA) is 50.4 Å². The lowest BCUT2D eigenvalue weighted by molar-refractivity contribution is -0.128. The maximum atomic E-state index is 11.7. The fourth-order valence-corrected chi connectivity index (χ4v) is 2.57. The molecule has 1 heterocycles. The van der Waals surface area contributed by atoms with E-state index in [4.69, 9.17) is 4.74 Å². The zero-order chi connectivity index (χ0) is 10.7. The van der Waals surface area contributed by atoms with E-state index in [2.05, 4.69) is 10.6 Å². The monoisotopic (exact) mass is 212 g/mol. The first-order valence-electron chi connectivity index (χ1n) is 5.94. The first-order valence-corrected chi connectivity index (χ1v) is 5.94. The van der Waals surface area contributed by atoms with Crippen LogP contribution in [-0.2, 0) is 9.53 Å². The van der Waals surface area contributed by atoms with Crippen LogP contribution in [0.3, 0.4) is 0 Å². The number of hydrogen-bond acceptors (Lipinski definition) is 3. The summed E-state index contributed by atoms with van der Waals surface area (Å²) in [5.74, 6) is 0.392. The van der Waals surface area contributed by atoms with Crippen molar-refractivity contribution >= 4 is 5.91 Å². The van der Waals surface area contributed by atoms with Gasteiger partial charge in [0.1, 0.15) is 0 Å². The van der Waals surface area contributed by atoms with E-state index in [1.165, 1.54) is 0 Å². The minimum atomic E-state index is 0.181. The summed E-state index contributed by atoms with van der Waals surface area (Å²) in [5, 5.41) is 6.35. The Morgan fingerprint density at radius 3 is 3.20 bits per heavy atom. The van der Waals surface area contributed by atoms with Crippen molar-refractivity contribution in [2.24, 2.45) is 5.92 Å². The molecule has 4 heteroatoms. The van der Waals surface area contributed by atoms with E-state index in [-0.39, 0.29) is 11.8 Å². The highest BCUT2D eigenvalue weighted by Crippen LogP contribution is 2.28. The van der Waals surface area contributed by atoms with Crippen LogP contribution in [0.4, 0.5) is 0 Å². The number of rotatable bonds is 2. The highest BCUT2D eigenvalue weighted by Gasteiger charge is 2.35. The molecular weight excluding hydrogens is 192 g/mol. The third-order valence-corrected chi connectivity index (χ3v) is 3.35. The molecule has 2 aliphatic rings. The third kappa shape index (κ3) is 2.49. The predicted octanol–water partition coefficient (Wildman–Crippen LogP) is 0.280. The molecule has 1 aliphatic heterocycles. The molecule has 86 valence electrons. The molecule has 0 unspecified atom stereocenters. The van der Waals surface area contributed by atoms with Gasteiger partial charge in [-0.3, -0.25) is 4.79 Å². The molecule has 3 atom stereocenters. The fourth-order valence-electron chi connectivity index (χ4n) is 2.57. The Labute approximate surface area is 90.8 Å². The van der Waals surface area contributed by atoms with E-state index in [1.807, 2.05) is 6.92 Å². The summed E-state index contributed by atoms with van der Waals surface area (Å²) >= 11 is 0. The van der Waals surface area contributed by atoms with Crippen molar-refractivity contribution in [2.45, 2.75) is 38.3 Å². The van der Waals surface area contributed by atoms with Crippen LogP contribution < -0.4 is 10.6 Å². The summed E-state index contributed by atoms with van der Waals surface area (Å²) in [5.41, 5.74) is 0. The minimum Gasteiger partial charge on any atom is -0.375 e. The zero-order valence-electron chi connectivity index (χ0n) is 9.29. The molecule has 0 aromatic carbocycles. The summed E-state index contributed by atoms with van der Waals surface area (Å²) in [7, 11) is 0. The molecule has 0 aromatic rings. The van der Waals surface area contributed by atoms with Gasteiger partial charge >= 0.3 is 0 Å². The SMILES string of the molecule is CCNC(=O)[C@H]1CC[C@H]2OCCN[C@@H]2C1. The number of amides is 1. The second-order valence-corrected chi connectivity index (χ2v) is 4.37. The van der Waals surface area contributed by atoms with E-state index in [9.17, 15) is 4.79 Å². The molecule has 0 radical (unpaired) electrons. The van der Waals surface area contributed by atoms with Gasteiger partial charge in [-0.2, -0.15) is 0 Å². The summed E-state index contributed by atoms with van der Waals surface area (Å²) < 4.78 is 5.68. The smallest absolute Gasteiger partial charge is 0.223 e. The van der Waals surface area contributed by atoms with Gasteiger partial charge in [0, 0.05) is 25.0 Å². The minimum absolute atomic E-state index is 0.181. The number of carbonyl (C=O) groups excluding carboxylic acids is 1. The quantitative estimate of drug-likeness (QED) is 0.691. The maximum Gasteiger partial charge on any atom is 0.223 e. The van der Waals surface area contributed by atoms with E-state index in [1.54, 1.807) is 0 Å². The lowest BCUT2D eigenvalue weighted by Gasteiger charge is -2.39. The Balaban J connectivity index is 1.87. The fraction of sp³-hybridized carbons (Fsp3) is 0.909. The standard InChI is InChI=1S/C11H20N2O2/c1-2-12-11(14)8-3-4-10-9(7-8)13-5-6-15-10/h8-10,13H,2-7H2,1H3,(H,12,14)/t8-,9+,10+/m0/s1. The first-order chi connectivity index (χ1) is 7.31. The van der Waals surface area contributed by atoms with Crippen molar-refractivity contribution in [3.8, 4) is 0 Å². The van der Waals surface area contributed by atoms with Gasteiger partial charge in [-0.05, 0) is 26.2 Å². The maximum absolute atomic E-state index is 11.7. The van der Waals surface area contributed by atoms with Gasteiger partial charge < -0.3 is 15.4 Å². The Kier molecular flexibility index (Phi) is 3.59. The van der Waals surface area contributed by atoms with Gasteiger partial charge in [-0.1, -0.05) is 0 Å². The van der Waals surface area contributed by atoms with E-state index < -0.39 is 0 Å². The molecule has 0 bridgehead atoms. The molecule has 2 fully saturated rings. The van der Waals surface area contributed by atoms with Crippen molar-refractivity contribution < 1.29 is 9.53 Å².